The summed E-state index contributed by atoms with van der Waals surface area (Å²) in [7, 11) is -3.09. The van der Waals surface area contributed by atoms with Crippen LogP contribution < -0.4 is 10.0 Å². The molecule has 2 N–H and O–H groups in total. The normalized spacial score (nSPS) is 32.5. The van der Waals surface area contributed by atoms with Crippen LogP contribution in [0.15, 0.2) is 0 Å². The van der Waals surface area contributed by atoms with Gasteiger partial charge in [-0.1, -0.05) is 26.2 Å². The molecule has 0 amide bonds. The number of hydrogen-bond donors (Lipinski definition) is 2. The Hall–Kier alpha value is -0.130. The molecule has 2 unspecified atom stereocenters. The molecule has 2 fully saturated rings. The molecule has 2 rings (SSSR count). The summed E-state index contributed by atoms with van der Waals surface area (Å²) in [6.45, 7) is 3.94. The average Bonchev–Trinajstić information content (AvgIpc) is 2.33. The molecule has 1 saturated heterocycles. The first-order chi connectivity index (χ1) is 8.09. The van der Waals surface area contributed by atoms with Crippen LogP contribution in [0.25, 0.3) is 0 Å². The molecule has 17 heavy (non-hydrogen) atoms. The number of hydrogen-bond acceptors (Lipinski definition) is 3. The second kappa shape index (κ2) is 5.67. The molecule has 0 aromatic rings. The molecule has 1 aliphatic carbocycles. The van der Waals surface area contributed by atoms with Crippen molar-refractivity contribution in [2.75, 3.05) is 13.1 Å². The molecule has 100 valence electrons. The zero-order valence-corrected chi connectivity index (χ0v) is 11.4. The molecule has 0 aromatic heterocycles. The van der Waals surface area contributed by atoms with Gasteiger partial charge in [0, 0.05) is 6.04 Å². The van der Waals surface area contributed by atoms with Gasteiger partial charge in [-0.2, -0.15) is 0 Å². The lowest BCUT2D eigenvalue weighted by Gasteiger charge is -2.32. The number of nitrogens with one attached hydrogen (secondary N) is 2. The zero-order valence-electron chi connectivity index (χ0n) is 10.6. The maximum absolute atomic E-state index is 12.3. The lowest BCUT2D eigenvalue weighted by Crippen LogP contribution is -2.50. The van der Waals surface area contributed by atoms with Gasteiger partial charge in [0.1, 0.15) is 0 Å². The smallest absolute Gasteiger partial charge is 0.214 e. The van der Waals surface area contributed by atoms with Crippen LogP contribution in [-0.4, -0.2) is 32.8 Å². The maximum atomic E-state index is 12.3. The van der Waals surface area contributed by atoms with Crippen molar-refractivity contribution in [2.45, 2.75) is 56.7 Å². The summed E-state index contributed by atoms with van der Waals surface area (Å²) in [5.74, 6) is 0.391. The van der Waals surface area contributed by atoms with Crippen LogP contribution in [0.2, 0.25) is 0 Å². The Bertz CT molecular complexity index is 336. The van der Waals surface area contributed by atoms with Crippen molar-refractivity contribution in [1.29, 1.82) is 0 Å². The van der Waals surface area contributed by atoms with Crippen LogP contribution in [0, 0.1) is 5.92 Å². The summed E-state index contributed by atoms with van der Waals surface area (Å²) in [4.78, 5) is 0. The minimum absolute atomic E-state index is 0.128. The van der Waals surface area contributed by atoms with Crippen LogP contribution in [0.3, 0.4) is 0 Å². The lowest BCUT2D eigenvalue weighted by molar-refractivity contribution is 0.325. The molecule has 2 atom stereocenters. The highest BCUT2D eigenvalue weighted by molar-refractivity contribution is 7.90. The van der Waals surface area contributed by atoms with Gasteiger partial charge in [0.05, 0.1) is 5.25 Å². The van der Waals surface area contributed by atoms with E-state index in [0.29, 0.717) is 5.92 Å². The summed E-state index contributed by atoms with van der Waals surface area (Å²) < 4.78 is 27.5. The fourth-order valence-electron chi connectivity index (χ4n) is 2.87. The van der Waals surface area contributed by atoms with E-state index in [1.807, 2.05) is 0 Å². The van der Waals surface area contributed by atoms with Gasteiger partial charge in [-0.05, 0) is 38.3 Å². The van der Waals surface area contributed by atoms with Crippen LogP contribution in [0.1, 0.15) is 45.4 Å². The Morgan fingerprint density at radius 1 is 1.12 bits per heavy atom. The van der Waals surface area contributed by atoms with Gasteiger partial charge in [-0.15, -0.1) is 0 Å². The van der Waals surface area contributed by atoms with Crippen molar-refractivity contribution >= 4 is 10.0 Å². The topological polar surface area (TPSA) is 58.2 Å². The maximum Gasteiger partial charge on any atom is 0.214 e. The second-order valence-electron chi connectivity index (χ2n) is 5.50. The van der Waals surface area contributed by atoms with E-state index in [1.165, 1.54) is 6.42 Å². The minimum Gasteiger partial charge on any atom is -0.316 e. The molecule has 0 aromatic carbocycles. The number of sulfonamides is 1. The Labute approximate surface area is 105 Å². The molecular formula is C12H24N2O2S. The largest absolute Gasteiger partial charge is 0.316 e. The third kappa shape index (κ3) is 3.42. The third-order valence-electron chi connectivity index (χ3n) is 4.09. The number of rotatable bonds is 3. The van der Waals surface area contributed by atoms with Crippen molar-refractivity contribution < 1.29 is 8.42 Å². The predicted molar refractivity (Wildman–Crippen MR) is 69.4 cm³/mol. The molecule has 0 radical (unpaired) electrons. The Balaban J connectivity index is 1.95. The minimum atomic E-state index is -3.09. The Morgan fingerprint density at radius 3 is 2.47 bits per heavy atom. The molecule has 1 aliphatic heterocycles. The summed E-state index contributed by atoms with van der Waals surface area (Å²) in [6, 6.07) is 0.128. The average molecular weight is 260 g/mol. The molecule has 1 heterocycles. The van der Waals surface area contributed by atoms with E-state index in [0.717, 1.165) is 45.2 Å². The highest BCUT2D eigenvalue weighted by atomic mass is 32.2. The first-order valence-electron chi connectivity index (χ1n) is 6.81. The van der Waals surface area contributed by atoms with Crippen molar-refractivity contribution in [2.24, 2.45) is 5.92 Å². The third-order valence-corrected chi connectivity index (χ3v) is 6.07. The first-order valence-corrected chi connectivity index (χ1v) is 8.36. The van der Waals surface area contributed by atoms with Gasteiger partial charge in [0.25, 0.3) is 0 Å². The highest BCUT2D eigenvalue weighted by Gasteiger charge is 2.31. The molecule has 0 spiro atoms. The van der Waals surface area contributed by atoms with E-state index < -0.39 is 10.0 Å². The van der Waals surface area contributed by atoms with E-state index in [4.69, 9.17) is 0 Å². The standard InChI is InChI=1S/C12H24N2O2S/c1-10-9-13-8-7-12(10)14-17(15,16)11-5-3-2-4-6-11/h10-14H,2-9H2,1H3. The lowest BCUT2D eigenvalue weighted by atomic mass is 9.97. The van der Waals surface area contributed by atoms with Crippen molar-refractivity contribution in [3.8, 4) is 0 Å². The van der Waals surface area contributed by atoms with E-state index in [-0.39, 0.29) is 11.3 Å². The van der Waals surface area contributed by atoms with Crippen molar-refractivity contribution in [3.63, 3.8) is 0 Å². The van der Waals surface area contributed by atoms with Gasteiger partial charge >= 0.3 is 0 Å². The second-order valence-corrected chi connectivity index (χ2v) is 7.49. The molecule has 5 heteroatoms. The van der Waals surface area contributed by atoms with Crippen LogP contribution >= 0.6 is 0 Å². The SMILES string of the molecule is CC1CNCCC1NS(=O)(=O)C1CCCCC1. The van der Waals surface area contributed by atoms with E-state index in [2.05, 4.69) is 17.0 Å². The quantitative estimate of drug-likeness (QED) is 0.802. The van der Waals surface area contributed by atoms with E-state index >= 15 is 0 Å². The van der Waals surface area contributed by atoms with Crippen LogP contribution in [-0.2, 0) is 10.0 Å². The predicted octanol–water partition coefficient (Wildman–Crippen LogP) is 1.24. The van der Waals surface area contributed by atoms with Crippen molar-refractivity contribution in [1.82, 2.24) is 10.0 Å². The van der Waals surface area contributed by atoms with Gasteiger partial charge in [0.2, 0.25) is 10.0 Å². The van der Waals surface area contributed by atoms with E-state index in [9.17, 15) is 8.42 Å². The molecule has 0 bridgehead atoms. The van der Waals surface area contributed by atoms with Gasteiger partial charge in [0.15, 0.2) is 0 Å². The summed E-state index contributed by atoms with van der Waals surface area (Å²) in [5.41, 5.74) is 0. The first kappa shape index (κ1) is 13.3. The van der Waals surface area contributed by atoms with Gasteiger partial charge in [-0.25, -0.2) is 13.1 Å². The Kier molecular flexibility index (Phi) is 4.44. The highest BCUT2D eigenvalue weighted by Crippen LogP contribution is 2.24. The fraction of sp³-hybridized carbons (Fsp3) is 1.00. The van der Waals surface area contributed by atoms with Crippen molar-refractivity contribution in [3.05, 3.63) is 0 Å². The summed E-state index contributed by atoms with van der Waals surface area (Å²) >= 11 is 0. The summed E-state index contributed by atoms with van der Waals surface area (Å²) in [5, 5.41) is 3.15. The van der Waals surface area contributed by atoms with Gasteiger partial charge in [-0.3, -0.25) is 0 Å². The van der Waals surface area contributed by atoms with E-state index in [1.54, 1.807) is 0 Å². The molecule has 1 saturated carbocycles. The summed E-state index contributed by atoms with van der Waals surface area (Å²) in [6.07, 6.45) is 5.91. The zero-order chi connectivity index (χ0) is 12.3. The molecule has 4 nitrogen and oxygen atoms in total. The van der Waals surface area contributed by atoms with Crippen LogP contribution in [0.4, 0.5) is 0 Å². The fourth-order valence-corrected chi connectivity index (χ4v) is 4.79. The van der Waals surface area contributed by atoms with Gasteiger partial charge < -0.3 is 5.32 Å². The monoisotopic (exact) mass is 260 g/mol. The number of piperidine rings is 1. The Morgan fingerprint density at radius 2 is 1.82 bits per heavy atom. The molecule has 2 aliphatic rings. The van der Waals surface area contributed by atoms with Crippen LogP contribution in [0.5, 0.6) is 0 Å². The molecular weight excluding hydrogens is 236 g/mol.